The number of nitrogens with one attached hydrogen (secondary N) is 1. The molecule has 0 saturated heterocycles. The summed E-state index contributed by atoms with van der Waals surface area (Å²) in [5.41, 5.74) is 0. The van der Waals surface area contributed by atoms with E-state index in [0.29, 0.717) is 11.8 Å². The van der Waals surface area contributed by atoms with E-state index in [9.17, 15) is 0 Å². The summed E-state index contributed by atoms with van der Waals surface area (Å²) in [6, 6.07) is 1.72. The molecule has 0 aliphatic rings. The molecule has 90 valence electrons. The van der Waals surface area contributed by atoms with Gasteiger partial charge in [0.25, 0.3) is 0 Å². The molecule has 0 saturated carbocycles. The fraction of sp³-hybridized carbons (Fsp3) is 0.636. The van der Waals surface area contributed by atoms with E-state index in [1.54, 1.807) is 19.4 Å². The van der Waals surface area contributed by atoms with Crippen LogP contribution in [0.1, 0.15) is 19.8 Å². The van der Waals surface area contributed by atoms with Crippen molar-refractivity contribution >= 4 is 5.95 Å². The second-order valence-electron chi connectivity index (χ2n) is 3.32. The Morgan fingerprint density at radius 1 is 1.38 bits per heavy atom. The van der Waals surface area contributed by atoms with E-state index < -0.39 is 0 Å². The summed E-state index contributed by atoms with van der Waals surface area (Å²) < 4.78 is 10.4. The minimum atomic E-state index is 0.569. The third-order valence-corrected chi connectivity index (χ3v) is 1.94. The first-order chi connectivity index (χ1) is 7.86. The number of methoxy groups -OCH3 is 1. The highest BCUT2D eigenvalue weighted by Gasteiger charge is 1.97. The first-order valence-electron chi connectivity index (χ1n) is 5.55. The first kappa shape index (κ1) is 12.7. The minimum absolute atomic E-state index is 0.569. The Morgan fingerprint density at radius 2 is 2.25 bits per heavy atom. The van der Waals surface area contributed by atoms with Gasteiger partial charge in [-0.1, -0.05) is 6.92 Å². The quantitative estimate of drug-likeness (QED) is 0.683. The summed E-state index contributed by atoms with van der Waals surface area (Å²) in [6.07, 6.45) is 3.68. The van der Waals surface area contributed by atoms with Gasteiger partial charge in [-0.25, -0.2) is 4.98 Å². The highest BCUT2D eigenvalue weighted by molar-refractivity contribution is 5.26. The zero-order chi connectivity index (χ0) is 11.6. The Kier molecular flexibility index (Phi) is 6.25. The van der Waals surface area contributed by atoms with E-state index in [-0.39, 0.29) is 0 Å². The van der Waals surface area contributed by atoms with Gasteiger partial charge in [0.2, 0.25) is 11.8 Å². The fourth-order valence-corrected chi connectivity index (χ4v) is 1.16. The van der Waals surface area contributed by atoms with Gasteiger partial charge in [-0.05, 0) is 12.8 Å². The van der Waals surface area contributed by atoms with Crippen LogP contribution in [0.15, 0.2) is 12.3 Å². The predicted octanol–water partition coefficient (Wildman–Crippen LogP) is 1.71. The molecule has 1 rings (SSSR count). The lowest BCUT2D eigenvalue weighted by Crippen LogP contribution is -2.08. The molecule has 1 N–H and O–H groups in total. The zero-order valence-corrected chi connectivity index (χ0v) is 9.90. The van der Waals surface area contributed by atoms with Crippen LogP contribution in [0.3, 0.4) is 0 Å². The Bertz CT molecular complexity index is 294. The van der Waals surface area contributed by atoms with Gasteiger partial charge >= 0.3 is 0 Å². The number of aromatic nitrogens is 2. The van der Waals surface area contributed by atoms with Gasteiger partial charge in [-0.2, -0.15) is 4.98 Å². The predicted molar refractivity (Wildman–Crippen MR) is 62.8 cm³/mol. The molecule has 0 radical (unpaired) electrons. The molecule has 0 atom stereocenters. The normalized spacial score (nSPS) is 10.1. The largest absolute Gasteiger partial charge is 0.481 e. The minimum Gasteiger partial charge on any atom is -0.481 e. The molecule has 0 amide bonds. The van der Waals surface area contributed by atoms with Gasteiger partial charge in [0.05, 0.1) is 7.11 Å². The van der Waals surface area contributed by atoms with Crippen LogP contribution in [-0.2, 0) is 4.74 Å². The van der Waals surface area contributed by atoms with Crippen molar-refractivity contribution in [3.8, 4) is 5.88 Å². The van der Waals surface area contributed by atoms with Crippen molar-refractivity contribution in [2.75, 3.05) is 32.2 Å². The molecular formula is C11H19N3O2. The van der Waals surface area contributed by atoms with Crippen molar-refractivity contribution in [2.45, 2.75) is 19.8 Å². The monoisotopic (exact) mass is 225 g/mol. The smallest absolute Gasteiger partial charge is 0.225 e. The maximum atomic E-state index is 5.36. The highest BCUT2D eigenvalue weighted by Crippen LogP contribution is 2.06. The zero-order valence-electron chi connectivity index (χ0n) is 9.90. The van der Waals surface area contributed by atoms with E-state index in [1.165, 1.54) is 0 Å². The standard InChI is InChI=1S/C11H19N3O2/c1-3-8-16-9-4-6-12-11-13-7-5-10(14-11)15-2/h5,7H,3-4,6,8-9H2,1-2H3,(H,12,13,14). The third-order valence-electron chi connectivity index (χ3n) is 1.94. The fourth-order valence-electron chi connectivity index (χ4n) is 1.16. The van der Waals surface area contributed by atoms with Crippen molar-refractivity contribution in [2.24, 2.45) is 0 Å². The SMILES string of the molecule is CCCOCCCNc1nccc(OC)n1. The molecule has 1 aromatic rings. The van der Waals surface area contributed by atoms with Gasteiger partial charge in [0.1, 0.15) is 0 Å². The molecule has 16 heavy (non-hydrogen) atoms. The molecule has 0 bridgehead atoms. The van der Waals surface area contributed by atoms with Crippen molar-refractivity contribution in [1.82, 2.24) is 9.97 Å². The molecule has 0 aromatic carbocycles. The molecule has 5 nitrogen and oxygen atoms in total. The van der Waals surface area contributed by atoms with Gasteiger partial charge in [0, 0.05) is 32.0 Å². The molecule has 0 aliphatic heterocycles. The molecule has 0 unspecified atom stereocenters. The number of nitrogens with zero attached hydrogens (tertiary/aromatic N) is 2. The van der Waals surface area contributed by atoms with Crippen LogP contribution in [0.2, 0.25) is 0 Å². The Hall–Kier alpha value is -1.36. The van der Waals surface area contributed by atoms with Crippen molar-refractivity contribution < 1.29 is 9.47 Å². The second kappa shape index (κ2) is 7.87. The lowest BCUT2D eigenvalue weighted by atomic mass is 10.4. The van der Waals surface area contributed by atoms with Gasteiger partial charge < -0.3 is 14.8 Å². The summed E-state index contributed by atoms with van der Waals surface area (Å²) in [5.74, 6) is 1.16. The van der Waals surface area contributed by atoms with E-state index in [0.717, 1.165) is 32.6 Å². The molecular weight excluding hydrogens is 206 g/mol. The maximum absolute atomic E-state index is 5.36. The van der Waals surface area contributed by atoms with Gasteiger partial charge in [-0.3, -0.25) is 0 Å². The van der Waals surface area contributed by atoms with E-state index in [1.807, 2.05) is 0 Å². The van der Waals surface area contributed by atoms with Crippen molar-refractivity contribution in [1.29, 1.82) is 0 Å². The van der Waals surface area contributed by atoms with Crippen molar-refractivity contribution in [3.05, 3.63) is 12.3 Å². The molecule has 0 aliphatic carbocycles. The average Bonchev–Trinajstić information content (AvgIpc) is 2.34. The average molecular weight is 225 g/mol. The number of ether oxygens (including phenoxy) is 2. The number of hydrogen-bond donors (Lipinski definition) is 1. The van der Waals surface area contributed by atoms with Crippen LogP contribution in [0.4, 0.5) is 5.95 Å². The molecule has 1 aromatic heterocycles. The number of rotatable bonds is 8. The molecule has 1 heterocycles. The number of anilines is 1. The van der Waals surface area contributed by atoms with E-state index in [2.05, 4.69) is 22.2 Å². The third kappa shape index (κ3) is 4.93. The number of hydrogen-bond acceptors (Lipinski definition) is 5. The second-order valence-corrected chi connectivity index (χ2v) is 3.32. The highest BCUT2D eigenvalue weighted by atomic mass is 16.5. The summed E-state index contributed by atoms with van der Waals surface area (Å²) in [4.78, 5) is 8.22. The van der Waals surface area contributed by atoms with Crippen molar-refractivity contribution in [3.63, 3.8) is 0 Å². The van der Waals surface area contributed by atoms with Gasteiger partial charge in [-0.15, -0.1) is 0 Å². The molecule has 0 fully saturated rings. The van der Waals surface area contributed by atoms with Crippen LogP contribution in [-0.4, -0.2) is 36.8 Å². The lowest BCUT2D eigenvalue weighted by Gasteiger charge is -2.06. The van der Waals surface area contributed by atoms with E-state index >= 15 is 0 Å². The molecule has 0 spiro atoms. The van der Waals surface area contributed by atoms with Crippen LogP contribution in [0.5, 0.6) is 5.88 Å². The topological polar surface area (TPSA) is 56.3 Å². The van der Waals surface area contributed by atoms with Gasteiger partial charge in [0.15, 0.2) is 0 Å². The van der Waals surface area contributed by atoms with Crippen LogP contribution >= 0.6 is 0 Å². The van der Waals surface area contributed by atoms with Crippen LogP contribution < -0.4 is 10.1 Å². The van der Waals surface area contributed by atoms with Crippen LogP contribution in [0.25, 0.3) is 0 Å². The summed E-state index contributed by atoms with van der Waals surface area (Å²) in [5, 5.41) is 3.11. The Balaban J connectivity index is 2.16. The summed E-state index contributed by atoms with van der Waals surface area (Å²) in [7, 11) is 1.59. The van der Waals surface area contributed by atoms with E-state index in [4.69, 9.17) is 9.47 Å². The lowest BCUT2D eigenvalue weighted by molar-refractivity contribution is 0.134. The Labute approximate surface area is 96.2 Å². The molecule has 5 heteroatoms. The summed E-state index contributed by atoms with van der Waals surface area (Å²) >= 11 is 0. The van der Waals surface area contributed by atoms with Crippen LogP contribution in [0, 0.1) is 0 Å². The first-order valence-corrected chi connectivity index (χ1v) is 5.55. The Morgan fingerprint density at radius 3 is 3.00 bits per heavy atom. The summed E-state index contributed by atoms with van der Waals surface area (Å²) in [6.45, 7) is 4.50. The maximum Gasteiger partial charge on any atom is 0.225 e.